The highest BCUT2D eigenvalue weighted by molar-refractivity contribution is 5.92. The van der Waals surface area contributed by atoms with E-state index in [9.17, 15) is 14.7 Å². The number of para-hydroxylation sites is 1. The van der Waals surface area contributed by atoms with Crippen LogP contribution in [0.1, 0.15) is 56.1 Å². The average molecular weight is 606 g/mol. The number of likely N-dealkylation sites (tertiary alicyclic amines) is 3. The molecule has 11 heteroatoms. The fourth-order valence-electron chi connectivity index (χ4n) is 7.34. The number of pyridine rings is 1. The van der Waals surface area contributed by atoms with Crippen LogP contribution in [0.25, 0.3) is 0 Å². The van der Waals surface area contributed by atoms with Crippen LogP contribution >= 0.6 is 0 Å². The van der Waals surface area contributed by atoms with Crippen LogP contribution in [0, 0.1) is 0 Å². The van der Waals surface area contributed by atoms with Gasteiger partial charge in [-0.05, 0) is 75.2 Å². The van der Waals surface area contributed by atoms with Gasteiger partial charge in [0, 0.05) is 62.8 Å². The summed E-state index contributed by atoms with van der Waals surface area (Å²) in [5.74, 6) is 0.531. The number of piperidine rings is 3. The Morgan fingerprint density at radius 1 is 1.00 bits per heavy atom. The molecule has 4 amide bonds. The highest BCUT2D eigenvalue weighted by Gasteiger charge is 2.36. The number of ether oxygens (including phenoxy) is 1. The van der Waals surface area contributed by atoms with Gasteiger partial charge in [0.1, 0.15) is 6.23 Å². The van der Waals surface area contributed by atoms with Crippen molar-refractivity contribution in [3.05, 3.63) is 53.7 Å². The third-order valence-corrected chi connectivity index (χ3v) is 9.96. The Labute approximate surface area is 260 Å². The number of rotatable bonds is 8. The number of methoxy groups -OCH3 is 1. The van der Waals surface area contributed by atoms with Crippen LogP contribution in [0.3, 0.4) is 0 Å². The van der Waals surface area contributed by atoms with Gasteiger partial charge in [-0.3, -0.25) is 4.90 Å². The van der Waals surface area contributed by atoms with Crippen molar-refractivity contribution in [2.75, 3.05) is 51.7 Å². The third-order valence-electron chi connectivity index (χ3n) is 9.96. The van der Waals surface area contributed by atoms with Gasteiger partial charge in [0.25, 0.3) is 0 Å². The molecule has 5 heterocycles. The summed E-state index contributed by atoms with van der Waals surface area (Å²) in [5.41, 5.74) is 2.91. The molecule has 2 unspecified atom stereocenters. The summed E-state index contributed by atoms with van der Waals surface area (Å²) in [6.45, 7) is 5.67. The van der Waals surface area contributed by atoms with Gasteiger partial charge in [-0.15, -0.1) is 0 Å². The van der Waals surface area contributed by atoms with Crippen molar-refractivity contribution < 1.29 is 19.4 Å². The largest absolute Gasteiger partial charge is 0.481 e. The molecule has 2 aromatic rings. The summed E-state index contributed by atoms with van der Waals surface area (Å²) in [7, 11) is 1.59. The molecule has 0 aliphatic carbocycles. The zero-order chi connectivity index (χ0) is 30.5. The molecule has 0 spiro atoms. The monoisotopic (exact) mass is 605 g/mol. The first kappa shape index (κ1) is 30.6. The molecule has 0 saturated carbocycles. The maximum absolute atomic E-state index is 13.6. The molecular formula is C33H47N7O4. The molecule has 44 heavy (non-hydrogen) atoms. The zero-order valence-electron chi connectivity index (χ0n) is 25.9. The molecule has 238 valence electrons. The van der Waals surface area contributed by atoms with Crippen molar-refractivity contribution in [2.45, 2.75) is 82.3 Å². The fourth-order valence-corrected chi connectivity index (χ4v) is 7.34. The highest BCUT2D eigenvalue weighted by atomic mass is 16.5. The van der Waals surface area contributed by atoms with E-state index in [0.717, 1.165) is 42.7 Å². The first-order chi connectivity index (χ1) is 21.5. The van der Waals surface area contributed by atoms with Gasteiger partial charge in [0.2, 0.25) is 5.88 Å². The normalized spacial score (nSPS) is 22.2. The lowest BCUT2D eigenvalue weighted by Crippen LogP contribution is -2.59. The number of urea groups is 2. The van der Waals surface area contributed by atoms with E-state index in [1.807, 2.05) is 46.2 Å². The van der Waals surface area contributed by atoms with Crippen LogP contribution in [-0.4, -0.2) is 112 Å². The number of fused-ring (bicyclic) bond motifs is 1. The lowest BCUT2D eigenvalue weighted by Gasteiger charge is -2.43. The number of aliphatic hydroxyl groups is 1. The Morgan fingerprint density at radius 3 is 2.43 bits per heavy atom. The molecule has 11 nitrogen and oxygen atoms in total. The second-order valence-corrected chi connectivity index (χ2v) is 12.7. The number of anilines is 1. The van der Waals surface area contributed by atoms with E-state index in [-0.39, 0.29) is 18.1 Å². The topological polar surface area (TPSA) is 114 Å². The van der Waals surface area contributed by atoms with Crippen LogP contribution in [0.5, 0.6) is 5.88 Å². The van der Waals surface area contributed by atoms with E-state index in [0.29, 0.717) is 50.8 Å². The molecule has 3 saturated heterocycles. The van der Waals surface area contributed by atoms with Crippen LogP contribution in [0.2, 0.25) is 0 Å². The van der Waals surface area contributed by atoms with Crippen molar-refractivity contribution in [1.82, 2.24) is 29.9 Å². The number of aliphatic hydroxyl groups excluding tert-OH is 1. The van der Waals surface area contributed by atoms with Gasteiger partial charge in [0.05, 0.1) is 13.2 Å². The molecule has 0 radical (unpaired) electrons. The number of nitrogens with zero attached hydrogens (tertiary/aromatic N) is 5. The van der Waals surface area contributed by atoms with Crippen LogP contribution in [0.4, 0.5) is 15.3 Å². The molecule has 2 atom stereocenters. The number of carbonyl (C=O) groups is 2. The van der Waals surface area contributed by atoms with Crippen LogP contribution in [-0.2, 0) is 13.0 Å². The van der Waals surface area contributed by atoms with Crippen molar-refractivity contribution in [3.63, 3.8) is 0 Å². The lowest BCUT2D eigenvalue weighted by molar-refractivity contribution is -0.0463. The minimum atomic E-state index is -0.807. The number of benzene rings is 1. The lowest BCUT2D eigenvalue weighted by atomic mass is 9.98. The second-order valence-electron chi connectivity index (χ2n) is 12.7. The molecule has 6 rings (SSSR count). The Kier molecular flexibility index (Phi) is 9.83. The minimum Gasteiger partial charge on any atom is -0.481 e. The molecule has 0 bridgehead atoms. The molecular weight excluding hydrogens is 558 g/mol. The predicted octanol–water partition coefficient (Wildman–Crippen LogP) is 3.49. The fraction of sp³-hybridized carbons (Fsp3) is 0.606. The standard InChI is InChI=1S/C33H47N7O4/c1-44-30-10-9-24(22-34-30)21-29(31(41)38-17-11-26(12-18-38)37-15-5-2-6-16-37)36-32(42)39-19-13-27(14-20-39)40-23-25-7-3-4-8-28(25)35-33(40)43/h3-4,7-10,22,26-27,29,31,41H,2,5-6,11-21,23H2,1H3,(H,35,43)(H,36,42). The van der Waals surface area contributed by atoms with Crippen LogP contribution < -0.4 is 15.4 Å². The molecule has 3 N–H and O–H groups in total. The van der Waals surface area contributed by atoms with Gasteiger partial charge in [-0.2, -0.15) is 0 Å². The number of nitrogens with one attached hydrogen (secondary N) is 2. The minimum absolute atomic E-state index is 0.0698. The number of aromatic nitrogens is 1. The average Bonchev–Trinajstić information content (AvgIpc) is 3.08. The summed E-state index contributed by atoms with van der Waals surface area (Å²) in [4.78, 5) is 39.3. The second kappa shape index (κ2) is 14.1. The zero-order valence-corrected chi connectivity index (χ0v) is 25.9. The van der Waals surface area contributed by atoms with Crippen molar-refractivity contribution in [1.29, 1.82) is 0 Å². The number of carbonyl (C=O) groups excluding carboxylic acids is 2. The number of hydrogen-bond acceptors (Lipinski definition) is 7. The Bertz CT molecular complexity index is 1260. The summed E-state index contributed by atoms with van der Waals surface area (Å²) in [6, 6.07) is 11.5. The highest BCUT2D eigenvalue weighted by Crippen LogP contribution is 2.28. The molecule has 1 aromatic carbocycles. The maximum atomic E-state index is 13.6. The Morgan fingerprint density at radius 2 is 1.73 bits per heavy atom. The summed E-state index contributed by atoms with van der Waals surface area (Å²) in [6.07, 6.45) is 8.78. The Hall–Kier alpha value is -3.41. The van der Waals surface area contributed by atoms with Crippen molar-refractivity contribution >= 4 is 17.7 Å². The van der Waals surface area contributed by atoms with Crippen molar-refractivity contribution in [2.24, 2.45) is 0 Å². The number of amides is 4. The SMILES string of the molecule is COc1ccc(CC(NC(=O)N2CCC(N3Cc4ccccc4NC3=O)CC2)C(O)N2CCC(N3CCCCC3)CC2)cn1. The van der Waals surface area contributed by atoms with Gasteiger partial charge in [-0.25, -0.2) is 14.6 Å². The first-order valence-electron chi connectivity index (χ1n) is 16.3. The van der Waals surface area contributed by atoms with Gasteiger partial charge >= 0.3 is 12.1 Å². The smallest absolute Gasteiger partial charge is 0.322 e. The van der Waals surface area contributed by atoms with E-state index in [4.69, 9.17) is 4.74 Å². The van der Waals surface area contributed by atoms with E-state index in [1.54, 1.807) is 13.3 Å². The van der Waals surface area contributed by atoms with E-state index in [1.165, 1.54) is 32.4 Å². The summed E-state index contributed by atoms with van der Waals surface area (Å²) >= 11 is 0. The van der Waals surface area contributed by atoms with Crippen LogP contribution in [0.15, 0.2) is 42.6 Å². The summed E-state index contributed by atoms with van der Waals surface area (Å²) < 4.78 is 5.22. The third kappa shape index (κ3) is 7.11. The van der Waals surface area contributed by atoms with E-state index >= 15 is 0 Å². The van der Waals surface area contributed by atoms with E-state index < -0.39 is 12.3 Å². The first-order valence-corrected chi connectivity index (χ1v) is 16.3. The van der Waals surface area contributed by atoms with Gasteiger partial charge < -0.3 is 35.2 Å². The van der Waals surface area contributed by atoms with E-state index in [2.05, 4.69) is 25.4 Å². The number of hydrogen-bond donors (Lipinski definition) is 3. The molecule has 4 aliphatic heterocycles. The Balaban J connectivity index is 1.07. The van der Waals surface area contributed by atoms with Gasteiger partial charge in [-0.1, -0.05) is 30.7 Å². The predicted molar refractivity (Wildman–Crippen MR) is 168 cm³/mol. The summed E-state index contributed by atoms with van der Waals surface area (Å²) in [5, 5.41) is 17.8. The molecule has 4 aliphatic rings. The quantitative estimate of drug-likeness (QED) is 0.422. The maximum Gasteiger partial charge on any atom is 0.322 e. The molecule has 3 fully saturated rings. The molecule has 1 aromatic heterocycles. The van der Waals surface area contributed by atoms with Crippen molar-refractivity contribution in [3.8, 4) is 5.88 Å². The van der Waals surface area contributed by atoms with Gasteiger partial charge in [0.15, 0.2) is 0 Å².